The van der Waals surface area contributed by atoms with E-state index in [0.29, 0.717) is 31.1 Å². The maximum absolute atomic E-state index is 12.4. The van der Waals surface area contributed by atoms with Gasteiger partial charge in [-0.3, -0.25) is 4.79 Å². The molecule has 5 nitrogen and oxygen atoms in total. The van der Waals surface area contributed by atoms with E-state index in [4.69, 9.17) is 15.2 Å². The van der Waals surface area contributed by atoms with E-state index in [1.165, 1.54) is 0 Å². The van der Waals surface area contributed by atoms with Gasteiger partial charge in [0.05, 0.1) is 12.1 Å². The molecule has 1 rings (SSSR count). The highest BCUT2D eigenvalue weighted by molar-refractivity contribution is 5.95. The Morgan fingerprint density at radius 2 is 2.10 bits per heavy atom. The molecule has 118 valence electrons. The lowest BCUT2D eigenvalue weighted by atomic mass is 9.88. The van der Waals surface area contributed by atoms with Crippen LogP contribution in [-0.2, 0) is 4.74 Å². The molecule has 0 spiro atoms. The van der Waals surface area contributed by atoms with E-state index < -0.39 is 5.54 Å². The number of nitrogens with two attached hydrogens (primary N) is 1. The van der Waals surface area contributed by atoms with Crippen molar-refractivity contribution in [2.24, 2.45) is 11.7 Å². The molecule has 3 N–H and O–H groups in total. The van der Waals surface area contributed by atoms with E-state index in [1.54, 1.807) is 25.3 Å². The molecule has 21 heavy (non-hydrogen) atoms. The summed E-state index contributed by atoms with van der Waals surface area (Å²) in [5.74, 6) is 0.750. The van der Waals surface area contributed by atoms with Crippen LogP contribution in [0.2, 0.25) is 0 Å². The number of carbonyl (C=O) groups is 1. The standard InChI is InChI=1S/C16H26N2O3/c1-12(2)16(3,11-17)18-15(19)13-6-5-7-14(10-13)21-9-8-20-4/h5-7,10,12H,8-9,11,17H2,1-4H3,(H,18,19). The monoisotopic (exact) mass is 294 g/mol. The van der Waals surface area contributed by atoms with Crippen molar-refractivity contribution >= 4 is 5.91 Å². The number of rotatable bonds is 8. The third-order valence-electron chi connectivity index (χ3n) is 3.75. The molecule has 0 aliphatic heterocycles. The SMILES string of the molecule is COCCOc1cccc(C(=O)NC(C)(CN)C(C)C)c1. The van der Waals surface area contributed by atoms with Gasteiger partial charge in [-0.25, -0.2) is 0 Å². The van der Waals surface area contributed by atoms with Gasteiger partial charge >= 0.3 is 0 Å². The van der Waals surface area contributed by atoms with E-state index in [1.807, 2.05) is 26.8 Å². The summed E-state index contributed by atoms with van der Waals surface area (Å²) in [5, 5.41) is 3.01. The van der Waals surface area contributed by atoms with Crippen molar-refractivity contribution in [2.75, 3.05) is 26.9 Å². The van der Waals surface area contributed by atoms with Crippen LogP contribution in [0.5, 0.6) is 5.75 Å². The van der Waals surface area contributed by atoms with E-state index in [-0.39, 0.29) is 11.8 Å². The summed E-state index contributed by atoms with van der Waals surface area (Å²) in [4.78, 5) is 12.4. The molecular formula is C16H26N2O3. The highest BCUT2D eigenvalue weighted by Gasteiger charge is 2.28. The number of hydrogen-bond acceptors (Lipinski definition) is 4. The molecule has 0 radical (unpaired) electrons. The van der Waals surface area contributed by atoms with Crippen LogP contribution < -0.4 is 15.8 Å². The predicted octanol–water partition coefficient (Wildman–Crippen LogP) is 1.81. The number of nitrogens with one attached hydrogen (secondary N) is 1. The summed E-state index contributed by atoms with van der Waals surface area (Å²) < 4.78 is 10.4. The lowest BCUT2D eigenvalue weighted by molar-refractivity contribution is 0.0882. The molecule has 0 aromatic heterocycles. The second kappa shape index (κ2) is 8.00. The van der Waals surface area contributed by atoms with Crippen LogP contribution in [0.4, 0.5) is 0 Å². The molecule has 0 aliphatic rings. The predicted molar refractivity (Wildman–Crippen MR) is 83.6 cm³/mol. The molecule has 0 heterocycles. The van der Waals surface area contributed by atoms with Crippen molar-refractivity contribution in [1.82, 2.24) is 5.32 Å². The molecular weight excluding hydrogens is 268 g/mol. The zero-order valence-electron chi connectivity index (χ0n) is 13.3. The Bertz CT molecular complexity index is 463. The van der Waals surface area contributed by atoms with Crippen molar-refractivity contribution in [1.29, 1.82) is 0 Å². The van der Waals surface area contributed by atoms with Gasteiger partial charge in [0.1, 0.15) is 12.4 Å². The second-order valence-electron chi connectivity index (χ2n) is 5.60. The fraction of sp³-hybridized carbons (Fsp3) is 0.562. The second-order valence-corrected chi connectivity index (χ2v) is 5.60. The van der Waals surface area contributed by atoms with E-state index >= 15 is 0 Å². The summed E-state index contributed by atoms with van der Waals surface area (Å²) in [6.45, 7) is 7.38. The first kappa shape index (κ1) is 17.5. The van der Waals surface area contributed by atoms with E-state index in [0.717, 1.165) is 0 Å². The molecule has 0 aliphatic carbocycles. The summed E-state index contributed by atoms with van der Waals surface area (Å²) >= 11 is 0. The van der Waals surface area contributed by atoms with Crippen molar-refractivity contribution in [3.8, 4) is 5.75 Å². The minimum atomic E-state index is -0.427. The largest absolute Gasteiger partial charge is 0.491 e. The van der Waals surface area contributed by atoms with E-state index in [2.05, 4.69) is 5.32 Å². The average Bonchev–Trinajstić information content (AvgIpc) is 2.47. The fourth-order valence-electron chi connectivity index (χ4n) is 1.73. The summed E-state index contributed by atoms with van der Waals surface area (Å²) in [6, 6.07) is 7.10. The quantitative estimate of drug-likeness (QED) is 0.717. The lowest BCUT2D eigenvalue weighted by Gasteiger charge is -2.33. The highest BCUT2D eigenvalue weighted by atomic mass is 16.5. The van der Waals surface area contributed by atoms with Crippen LogP contribution >= 0.6 is 0 Å². The van der Waals surface area contributed by atoms with Crippen LogP contribution in [0, 0.1) is 5.92 Å². The Balaban J connectivity index is 2.76. The Kier molecular flexibility index (Phi) is 6.65. The Labute approximate surface area is 126 Å². The molecule has 0 saturated carbocycles. The maximum atomic E-state index is 12.4. The van der Waals surface area contributed by atoms with Crippen molar-refractivity contribution < 1.29 is 14.3 Å². The topological polar surface area (TPSA) is 73.6 Å². The van der Waals surface area contributed by atoms with Gasteiger partial charge in [0.15, 0.2) is 0 Å². The number of hydrogen-bond donors (Lipinski definition) is 2. The summed E-state index contributed by atoms with van der Waals surface area (Å²) in [7, 11) is 1.62. The molecule has 0 bridgehead atoms. The molecule has 0 saturated heterocycles. The highest BCUT2D eigenvalue weighted by Crippen LogP contribution is 2.18. The molecule has 1 amide bonds. The zero-order valence-corrected chi connectivity index (χ0v) is 13.3. The van der Waals surface area contributed by atoms with E-state index in [9.17, 15) is 4.79 Å². The van der Waals surface area contributed by atoms with Crippen LogP contribution in [0.25, 0.3) is 0 Å². The van der Waals surface area contributed by atoms with Crippen molar-refractivity contribution in [3.05, 3.63) is 29.8 Å². The van der Waals surface area contributed by atoms with Gasteiger partial charge in [-0.1, -0.05) is 19.9 Å². The molecule has 0 fully saturated rings. The maximum Gasteiger partial charge on any atom is 0.251 e. The number of methoxy groups -OCH3 is 1. The molecule has 1 aromatic rings. The normalized spacial score (nSPS) is 13.8. The van der Waals surface area contributed by atoms with Crippen LogP contribution in [0.3, 0.4) is 0 Å². The van der Waals surface area contributed by atoms with Crippen molar-refractivity contribution in [2.45, 2.75) is 26.3 Å². The Morgan fingerprint density at radius 3 is 2.67 bits per heavy atom. The number of ether oxygens (including phenoxy) is 2. The van der Waals surface area contributed by atoms with Gasteiger partial charge in [0.2, 0.25) is 0 Å². The van der Waals surface area contributed by atoms with Gasteiger partial charge in [0.25, 0.3) is 5.91 Å². The first-order valence-corrected chi connectivity index (χ1v) is 7.17. The number of amides is 1. The fourth-order valence-corrected chi connectivity index (χ4v) is 1.73. The number of benzene rings is 1. The molecule has 5 heteroatoms. The Morgan fingerprint density at radius 1 is 1.38 bits per heavy atom. The minimum Gasteiger partial charge on any atom is -0.491 e. The minimum absolute atomic E-state index is 0.145. The first-order valence-electron chi connectivity index (χ1n) is 7.17. The summed E-state index contributed by atoms with van der Waals surface area (Å²) in [6.07, 6.45) is 0. The Hall–Kier alpha value is -1.59. The van der Waals surface area contributed by atoms with Crippen LogP contribution in [-0.4, -0.2) is 38.3 Å². The lowest BCUT2D eigenvalue weighted by Crippen LogP contribution is -2.55. The van der Waals surface area contributed by atoms with Crippen LogP contribution in [0.1, 0.15) is 31.1 Å². The van der Waals surface area contributed by atoms with Gasteiger partial charge in [-0.15, -0.1) is 0 Å². The molecule has 1 unspecified atom stereocenters. The first-order chi connectivity index (χ1) is 9.92. The third kappa shape index (κ3) is 5.02. The zero-order chi connectivity index (χ0) is 15.9. The molecule has 1 atom stereocenters. The van der Waals surface area contributed by atoms with Gasteiger partial charge < -0.3 is 20.5 Å². The molecule has 1 aromatic carbocycles. The van der Waals surface area contributed by atoms with Gasteiger partial charge in [-0.2, -0.15) is 0 Å². The van der Waals surface area contributed by atoms with Crippen molar-refractivity contribution in [3.63, 3.8) is 0 Å². The van der Waals surface area contributed by atoms with Gasteiger partial charge in [-0.05, 0) is 31.0 Å². The van der Waals surface area contributed by atoms with Gasteiger partial charge in [0, 0.05) is 19.2 Å². The summed E-state index contributed by atoms with van der Waals surface area (Å²) in [5.41, 5.74) is 5.93. The number of carbonyl (C=O) groups excluding carboxylic acids is 1. The average molecular weight is 294 g/mol. The van der Waals surface area contributed by atoms with Crippen LogP contribution in [0.15, 0.2) is 24.3 Å². The smallest absolute Gasteiger partial charge is 0.251 e. The third-order valence-corrected chi connectivity index (χ3v) is 3.75.